The zero-order valence-corrected chi connectivity index (χ0v) is 16.0. The van der Waals surface area contributed by atoms with Crippen LogP contribution < -0.4 is 5.32 Å². The number of hydrogen-bond donors (Lipinski definition) is 2. The van der Waals surface area contributed by atoms with Gasteiger partial charge in [-0.25, -0.2) is 0 Å². The fourth-order valence-corrected chi connectivity index (χ4v) is 2.71. The number of aromatic nitrogens is 2. The molecular formula is C19H21Cl2N3O. The van der Waals surface area contributed by atoms with Crippen LogP contribution in [0.3, 0.4) is 0 Å². The minimum atomic E-state index is 0.00803. The Morgan fingerprint density at radius 1 is 1.24 bits per heavy atom. The Morgan fingerprint density at radius 2 is 1.88 bits per heavy atom. The molecule has 0 spiro atoms. The van der Waals surface area contributed by atoms with E-state index in [4.69, 9.17) is 23.2 Å². The Morgan fingerprint density at radius 3 is 2.48 bits per heavy atom. The molecule has 0 aliphatic carbocycles. The second kappa shape index (κ2) is 8.88. The average molecular weight is 378 g/mol. The van der Waals surface area contributed by atoms with Crippen molar-refractivity contribution in [3.05, 3.63) is 69.3 Å². The lowest BCUT2D eigenvalue weighted by atomic mass is 10.1. The second-order valence-corrected chi connectivity index (χ2v) is 6.40. The van der Waals surface area contributed by atoms with E-state index in [0.29, 0.717) is 22.3 Å². The van der Waals surface area contributed by atoms with Gasteiger partial charge in [-0.2, -0.15) is 0 Å². The van der Waals surface area contributed by atoms with Gasteiger partial charge in [0, 0.05) is 24.0 Å². The highest BCUT2D eigenvalue weighted by Gasteiger charge is 2.10. The number of benzene rings is 1. The number of rotatable bonds is 6. The summed E-state index contributed by atoms with van der Waals surface area (Å²) in [6.45, 7) is 6.25. The summed E-state index contributed by atoms with van der Waals surface area (Å²) in [4.78, 5) is 8.52. The molecule has 6 heteroatoms. The smallest absolute Gasteiger partial charge is 0.157 e. The Hall–Kier alpha value is -2.04. The second-order valence-electron chi connectivity index (χ2n) is 5.59. The van der Waals surface area contributed by atoms with Crippen molar-refractivity contribution in [1.82, 2.24) is 15.3 Å². The average Bonchev–Trinajstić information content (AvgIpc) is 2.61. The van der Waals surface area contributed by atoms with Crippen molar-refractivity contribution in [1.29, 1.82) is 0 Å². The lowest BCUT2D eigenvalue weighted by Crippen LogP contribution is -2.15. The number of hydrogen-bond acceptors (Lipinski definition) is 4. The maximum Gasteiger partial charge on any atom is 0.157 e. The van der Waals surface area contributed by atoms with Crippen molar-refractivity contribution < 1.29 is 5.11 Å². The summed E-state index contributed by atoms with van der Waals surface area (Å²) >= 11 is 12.5. The van der Waals surface area contributed by atoms with Gasteiger partial charge in [0.15, 0.2) is 5.76 Å². The summed E-state index contributed by atoms with van der Waals surface area (Å²) in [7, 11) is 0. The first-order valence-corrected chi connectivity index (χ1v) is 8.77. The number of aliphatic hydroxyl groups is 1. The molecule has 1 heterocycles. The summed E-state index contributed by atoms with van der Waals surface area (Å²) in [5.41, 5.74) is 4.00. The highest BCUT2D eigenvalue weighted by atomic mass is 35.5. The Bertz CT molecular complexity index is 857. The zero-order chi connectivity index (χ0) is 18.4. The molecule has 0 atom stereocenters. The third-order valence-corrected chi connectivity index (χ3v) is 4.45. The number of nitrogens with zero attached hydrogens (tertiary/aromatic N) is 2. The van der Waals surface area contributed by atoms with Crippen molar-refractivity contribution in [2.24, 2.45) is 0 Å². The molecule has 1 aromatic carbocycles. The summed E-state index contributed by atoms with van der Waals surface area (Å²) in [6.07, 6.45) is 7.67. The molecule has 132 valence electrons. The van der Waals surface area contributed by atoms with Crippen molar-refractivity contribution in [3.8, 4) is 0 Å². The monoisotopic (exact) mass is 377 g/mol. The van der Waals surface area contributed by atoms with Crippen LogP contribution in [-0.4, -0.2) is 15.1 Å². The van der Waals surface area contributed by atoms with E-state index in [1.54, 1.807) is 30.6 Å². The van der Waals surface area contributed by atoms with E-state index < -0.39 is 0 Å². The normalized spacial score (nSPS) is 13.8. The number of fused-ring (bicyclic) bond motifs is 1. The number of halogens is 2. The van der Waals surface area contributed by atoms with Crippen LogP contribution >= 0.6 is 23.2 Å². The molecule has 0 aliphatic rings. The van der Waals surface area contributed by atoms with Crippen LogP contribution in [0.25, 0.3) is 11.0 Å². The van der Waals surface area contributed by atoms with Crippen LogP contribution in [-0.2, 0) is 6.54 Å². The molecule has 2 N–H and O–H groups in total. The SMILES string of the molecule is C\C=C(NCc1cc2nccnc2cc1Cl)/C(O)=C(Cl)\C=C(/C)CC. The van der Waals surface area contributed by atoms with Crippen molar-refractivity contribution in [3.63, 3.8) is 0 Å². The minimum Gasteiger partial charge on any atom is -0.504 e. The van der Waals surface area contributed by atoms with Crippen LogP contribution in [0.1, 0.15) is 32.8 Å². The Balaban J connectivity index is 2.21. The van der Waals surface area contributed by atoms with Gasteiger partial charge in [-0.3, -0.25) is 9.97 Å². The predicted octanol–water partition coefficient (Wildman–Crippen LogP) is 5.64. The summed E-state index contributed by atoms with van der Waals surface area (Å²) in [5, 5.41) is 14.4. The van der Waals surface area contributed by atoms with Gasteiger partial charge < -0.3 is 10.4 Å². The van der Waals surface area contributed by atoms with E-state index in [2.05, 4.69) is 15.3 Å². The molecule has 1 aromatic heterocycles. The minimum absolute atomic E-state index is 0.00803. The molecular weight excluding hydrogens is 357 g/mol. The van der Waals surface area contributed by atoms with Crippen LogP contribution in [0.4, 0.5) is 0 Å². The van der Waals surface area contributed by atoms with Crippen LogP contribution in [0, 0.1) is 0 Å². The molecule has 0 unspecified atom stereocenters. The van der Waals surface area contributed by atoms with Gasteiger partial charge in [0.1, 0.15) is 0 Å². The standard InChI is InChI=1S/C19H21Cl2N3O/c1-4-12(3)8-15(21)19(25)16(5-2)24-11-13-9-17-18(10-14(13)20)23-7-6-22-17/h5-10,24-25H,4,11H2,1-3H3/b12-8+,16-5+,19-15-. The highest BCUT2D eigenvalue weighted by Crippen LogP contribution is 2.23. The molecule has 0 radical (unpaired) electrons. The molecule has 2 rings (SSSR count). The number of aliphatic hydroxyl groups excluding tert-OH is 1. The van der Waals surface area contributed by atoms with Crippen molar-refractivity contribution in [2.75, 3.05) is 0 Å². The molecule has 0 amide bonds. The number of nitrogens with one attached hydrogen (secondary N) is 1. The summed E-state index contributed by atoms with van der Waals surface area (Å²) in [5.74, 6) is 0.00803. The fourth-order valence-electron chi connectivity index (χ4n) is 2.19. The van der Waals surface area contributed by atoms with E-state index in [1.165, 1.54) is 0 Å². The lowest BCUT2D eigenvalue weighted by molar-refractivity contribution is 0.411. The van der Waals surface area contributed by atoms with Gasteiger partial charge in [0.05, 0.1) is 21.8 Å². The van der Waals surface area contributed by atoms with Gasteiger partial charge >= 0.3 is 0 Å². The van der Waals surface area contributed by atoms with Gasteiger partial charge in [-0.15, -0.1) is 0 Å². The first-order valence-electron chi connectivity index (χ1n) is 8.01. The maximum atomic E-state index is 10.4. The first kappa shape index (κ1) is 19.3. The Labute approximate surface area is 157 Å². The fraction of sp³-hybridized carbons (Fsp3) is 0.263. The van der Waals surface area contributed by atoms with Crippen LogP contribution in [0.5, 0.6) is 0 Å². The van der Waals surface area contributed by atoms with Gasteiger partial charge in [-0.05, 0) is 44.0 Å². The van der Waals surface area contributed by atoms with E-state index in [1.807, 2.05) is 26.8 Å². The molecule has 0 saturated heterocycles. The maximum absolute atomic E-state index is 10.4. The van der Waals surface area contributed by atoms with Crippen LogP contribution in [0.2, 0.25) is 5.02 Å². The van der Waals surface area contributed by atoms with Crippen LogP contribution in [0.15, 0.2) is 58.7 Å². The van der Waals surface area contributed by atoms with Gasteiger partial charge in [-0.1, -0.05) is 41.8 Å². The molecule has 25 heavy (non-hydrogen) atoms. The Kier molecular flexibility index (Phi) is 6.85. The molecule has 0 bridgehead atoms. The van der Waals surface area contributed by atoms with Crippen molar-refractivity contribution in [2.45, 2.75) is 33.7 Å². The van der Waals surface area contributed by atoms with Crippen molar-refractivity contribution >= 4 is 34.2 Å². The van der Waals surface area contributed by atoms with Gasteiger partial charge in [0.2, 0.25) is 0 Å². The summed E-state index contributed by atoms with van der Waals surface area (Å²) < 4.78 is 0. The topological polar surface area (TPSA) is 58.0 Å². The number of allylic oxidation sites excluding steroid dienone is 4. The summed E-state index contributed by atoms with van der Waals surface area (Å²) in [6, 6.07) is 3.67. The lowest BCUT2D eigenvalue weighted by Gasteiger charge is -2.13. The molecule has 4 nitrogen and oxygen atoms in total. The molecule has 0 saturated carbocycles. The molecule has 0 aliphatic heterocycles. The van der Waals surface area contributed by atoms with E-state index in [9.17, 15) is 5.11 Å². The highest BCUT2D eigenvalue weighted by molar-refractivity contribution is 6.32. The first-order chi connectivity index (χ1) is 12.0. The van der Waals surface area contributed by atoms with E-state index in [-0.39, 0.29) is 5.76 Å². The molecule has 2 aromatic rings. The quantitative estimate of drug-likeness (QED) is 0.504. The largest absolute Gasteiger partial charge is 0.504 e. The predicted molar refractivity (Wildman–Crippen MR) is 105 cm³/mol. The third kappa shape index (κ3) is 4.97. The van der Waals surface area contributed by atoms with E-state index in [0.717, 1.165) is 28.6 Å². The third-order valence-electron chi connectivity index (χ3n) is 3.81. The van der Waals surface area contributed by atoms with Gasteiger partial charge in [0.25, 0.3) is 0 Å². The van der Waals surface area contributed by atoms with E-state index >= 15 is 0 Å². The molecule has 0 fully saturated rings. The zero-order valence-electron chi connectivity index (χ0n) is 14.5.